The molecule has 2 N–H and O–H groups in total. The normalized spacial score (nSPS) is 16.0. The lowest BCUT2D eigenvalue weighted by atomic mass is 10.1. The van der Waals surface area contributed by atoms with Crippen molar-refractivity contribution in [1.29, 1.82) is 0 Å². The molecule has 35 heavy (non-hydrogen) atoms. The van der Waals surface area contributed by atoms with E-state index in [4.69, 9.17) is 20.3 Å². The van der Waals surface area contributed by atoms with Crippen LogP contribution in [-0.4, -0.2) is 49.4 Å². The number of para-hydroxylation sites is 2. The molecule has 1 fully saturated rings. The minimum atomic E-state index is -0.551. The van der Waals surface area contributed by atoms with Gasteiger partial charge in [0.05, 0.1) is 11.4 Å². The number of nitrogen functional groups attached to an aromatic ring is 1. The highest BCUT2D eigenvalue weighted by atomic mass is 16.6. The van der Waals surface area contributed by atoms with E-state index >= 15 is 0 Å². The van der Waals surface area contributed by atoms with Crippen molar-refractivity contribution >= 4 is 22.9 Å². The number of aromatic nitrogens is 4. The van der Waals surface area contributed by atoms with Gasteiger partial charge in [0.25, 0.3) is 0 Å². The molecule has 0 spiro atoms. The molecule has 0 bridgehead atoms. The van der Waals surface area contributed by atoms with Crippen molar-refractivity contribution in [2.24, 2.45) is 0 Å². The van der Waals surface area contributed by atoms with E-state index in [0.717, 1.165) is 17.7 Å². The first-order valence-corrected chi connectivity index (χ1v) is 11.6. The highest BCUT2D eigenvalue weighted by Crippen LogP contribution is 2.39. The van der Waals surface area contributed by atoms with E-state index in [-0.39, 0.29) is 12.1 Å². The zero-order valence-corrected chi connectivity index (χ0v) is 20.0. The summed E-state index contributed by atoms with van der Waals surface area (Å²) in [4.78, 5) is 23.0. The Labute approximate surface area is 203 Å². The number of anilines is 1. The lowest BCUT2D eigenvalue weighted by Crippen LogP contribution is -2.35. The summed E-state index contributed by atoms with van der Waals surface area (Å²) < 4.78 is 13.6. The summed E-state index contributed by atoms with van der Waals surface area (Å²) in [5, 5.41) is 5.61. The predicted octanol–water partition coefficient (Wildman–Crippen LogP) is 5.05. The summed E-state index contributed by atoms with van der Waals surface area (Å²) in [6.45, 7) is 6.63. The number of carbonyl (C=O) groups excluding carboxylic acids is 1. The van der Waals surface area contributed by atoms with E-state index in [0.29, 0.717) is 41.4 Å². The number of nitrogens with zero attached hydrogens (tertiary/aromatic N) is 5. The maximum absolute atomic E-state index is 12.6. The van der Waals surface area contributed by atoms with Crippen molar-refractivity contribution in [2.75, 3.05) is 18.8 Å². The molecule has 9 heteroatoms. The van der Waals surface area contributed by atoms with Crippen LogP contribution < -0.4 is 10.5 Å². The van der Waals surface area contributed by atoms with Crippen molar-refractivity contribution < 1.29 is 14.3 Å². The smallest absolute Gasteiger partial charge is 0.410 e. The van der Waals surface area contributed by atoms with Crippen LogP contribution in [0.2, 0.25) is 0 Å². The van der Waals surface area contributed by atoms with Gasteiger partial charge in [0, 0.05) is 18.7 Å². The summed E-state index contributed by atoms with van der Waals surface area (Å²) in [7, 11) is 0. The summed E-state index contributed by atoms with van der Waals surface area (Å²) in [6.07, 6.45) is 1.83. The molecule has 1 atom stereocenters. The first kappa shape index (κ1) is 22.6. The molecule has 9 nitrogen and oxygen atoms in total. The molecule has 5 rings (SSSR count). The van der Waals surface area contributed by atoms with Crippen LogP contribution in [0.25, 0.3) is 22.3 Å². The molecule has 1 saturated heterocycles. The molecule has 0 aliphatic carbocycles. The number of hydrogen-bond donors (Lipinski definition) is 1. The fourth-order valence-electron chi connectivity index (χ4n) is 4.24. The molecule has 0 saturated carbocycles. The van der Waals surface area contributed by atoms with Gasteiger partial charge in [-0.1, -0.05) is 30.3 Å². The zero-order chi connectivity index (χ0) is 24.6. The van der Waals surface area contributed by atoms with Crippen LogP contribution >= 0.6 is 0 Å². The van der Waals surface area contributed by atoms with Gasteiger partial charge >= 0.3 is 6.09 Å². The van der Waals surface area contributed by atoms with Crippen LogP contribution in [-0.2, 0) is 4.74 Å². The first-order chi connectivity index (χ1) is 16.8. The third kappa shape index (κ3) is 4.62. The molecular weight excluding hydrogens is 444 g/mol. The number of hydrogen-bond acceptors (Lipinski definition) is 7. The van der Waals surface area contributed by atoms with Gasteiger partial charge in [0.15, 0.2) is 5.65 Å². The van der Waals surface area contributed by atoms with Gasteiger partial charge < -0.3 is 20.1 Å². The molecule has 3 heterocycles. The van der Waals surface area contributed by atoms with E-state index in [1.807, 2.05) is 80.1 Å². The average molecular weight is 473 g/mol. The molecular formula is C26H28N6O3. The molecule has 1 amide bonds. The number of likely N-dealkylation sites (tertiary alicyclic amines) is 1. The standard InChI is InChI=1S/C26H28N6O3/c1-26(2,3)35-25(33)31-14-13-17(15-31)32-24-21(23(27)28-16-29-24)22(30-32)19-11-7-8-12-20(19)34-18-9-5-4-6-10-18/h4-12,16-17H,13-15H2,1-3H3,(H2,27,28,29). The lowest BCUT2D eigenvalue weighted by molar-refractivity contribution is 0.0288. The maximum atomic E-state index is 12.6. The third-order valence-electron chi connectivity index (χ3n) is 5.79. The lowest BCUT2D eigenvalue weighted by Gasteiger charge is -2.24. The summed E-state index contributed by atoms with van der Waals surface area (Å²) in [5.74, 6) is 1.71. The van der Waals surface area contributed by atoms with Gasteiger partial charge in [-0.3, -0.25) is 0 Å². The van der Waals surface area contributed by atoms with Crippen molar-refractivity contribution in [1.82, 2.24) is 24.6 Å². The van der Waals surface area contributed by atoms with Crippen molar-refractivity contribution in [3.8, 4) is 22.8 Å². The Balaban J connectivity index is 1.53. The van der Waals surface area contributed by atoms with Gasteiger partial charge in [0.1, 0.15) is 34.9 Å². The highest BCUT2D eigenvalue weighted by Gasteiger charge is 2.33. The average Bonchev–Trinajstić information content (AvgIpc) is 3.45. The van der Waals surface area contributed by atoms with E-state index in [2.05, 4.69) is 9.97 Å². The summed E-state index contributed by atoms with van der Waals surface area (Å²) >= 11 is 0. The molecule has 0 radical (unpaired) electrons. The van der Waals surface area contributed by atoms with Gasteiger partial charge in [-0.05, 0) is 51.5 Å². The number of fused-ring (bicyclic) bond motifs is 1. The predicted molar refractivity (Wildman–Crippen MR) is 133 cm³/mol. The summed E-state index contributed by atoms with van der Waals surface area (Å²) in [6, 6.07) is 17.2. The second-order valence-corrected chi connectivity index (χ2v) is 9.53. The van der Waals surface area contributed by atoms with E-state index < -0.39 is 5.60 Å². The van der Waals surface area contributed by atoms with E-state index in [9.17, 15) is 4.79 Å². The minimum absolute atomic E-state index is 0.0738. The Morgan fingerprint density at radius 1 is 1.06 bits per heavy atom. The van der Waals surface area contributed by atoms with E-state index in [1.54, 1.807) is 4.90 Å². The second-order valence-electron chi connectivity index (χ2n) is 9.53. The van der Waals surface area contributed by atoms with Crippen LogP contribution in [0.3, 0.4) is 0 Å². The molecule has 1 aliphatic rings. The Kier molecular flexibility index (Phi) is 5.76. The number of ether oxygens (including phenoxy) is 2. The molecule has 180 valence electrons. The molecule has 1 unspecified atom stereocenters. The molecule has 2 aromatic carbocycles. The quantitative estimate of drug-likeness (QED) is 0.443. The third-order valence-corrected chi connectivity index (χ3v) is 5.79. The van der Waals surface area contributed by atoms with Gasteiger partial charge in [-0.15, -0.1) is 0 Å². The van der Waals surface area contributed by atoms with Crippen LogP contribution in [0.1, 0.15) is 33.2 Å². The molecule has 4 aromatic rings. The monoisotopic (exact) mass is 472 g/mol. The van der Waals surface area contributed by atoms with Crippen molar-refractivity contribution in [2.45, 2.75) is 38.8 Å². The minimum Gasteiger partial charge on any atom is -0.457 e. The SMILES string of the molecule is CC(C)(C)OC(=O)N1CCC(n2nc(-c3ccccc3Oc3ccccc3)c3c(N)ncnc32)C1. The van der Waals surface area contributed by atoms with Crippen LogP contribution in [0.4, 0.5) is 10.6 Å². The van der Waals surface area contributed by atoms with Crippen LogP contribution in [0.15, 0.2) is 60.9 Å². The highest BCUT2D eigenvalue weighted by molar-refractivity contribution is 5.99. The zero-order valence-electron chi connectivity index (χ0n) is 20.0. The number of nitrogens with two attached hydrogens (primary N) is 1. The van der Waals surface area contributed by atoms with Crippen molar-refractivity contribution in [3.63, 3.8) is 0 Å². The number of amides is 1. The Bertz CT molecular complexity index is 1360. The molecule has 2 aromatic heterocycles. The van der Waals surface area contributed by atoms with Crippen LogP contribution in [0.5, 0.6) is 11.5 Å². The fraction of sp³-hybridized carbons (Fsp3) is 0.308. The summed E-state index contributed by atoms with van der Waals surface area (Å²) in [5.41, 5.74) is 7.82. The van der Waals surface area contributed by atoms with Gasteiger partial charge in [-0.2, -0.15) is 5.10 Å². The Morgan fingerprint density at radius 2 is 1.80 bits per heavy atom. The number of benzene rings is 2. The van der Waals surface area contributed by atoms with E-state index in [1.165, 1.54) is 6.33 Å². The fourth-order valence-corrected chi connectivity index (χ4v) is 4.24. The number of rotatable bonds is 4. The van der Waals surface area contributed by atoms with Crippen LogP contribution in [0, 0.1) is 0 Å². The largest absolute Gasteiger partial charge is 0.457 e. The Hall–Kier alpha value is -4.14. The Morgan fingerprint density at radius 3 is 2.57 bits per heavy atom. The topological polar surface area (TPSA) is 108 Å². The molecule has 1 aliphatic heterocycles. The maximum Gasteiger partial charge on any atom is 0.410 e. The van der Waals surface area contributed by atoms with Gasteiger partial charge in [-0.25, -0.2) is 19.4 Å². The second kappa shape index (κ2) is 8.90. The van der Waals surface area contributed by atoms with Crippen molar-refractivity contribution in [3.05, 3.63) is 60.9 Å². The van der Waals surface area contributed by atoms with Gasteiger partial charge in [0.2, 0.25) is 0 Å². The first-order valence-electron chi connectivity index (χ1n) is 11.6. The number of carbonyl (C=O) groups is 1.